The van der Waals surface area contributed by atoms with Gasteiger partial charge in [-0.15, -0.1) is 0 Å². The minimum atomic E-state index is -1.45. The molecule has 4 atom stereocenters. The van der Waals surface area contributed by atoms with E-state index in [1.54, 1.807) is 20.8 Å². The van der Waals surface area contributed by atoms with Crippen LogP contribution in [-0.2, 0) is 93.2 Å². The number of ketones is 2. The van der Waals surface area contributed by atoms with Crippen LogP contribution in [0.5, 0.6) is 0 Å². The summed E-state index contributed by atoms with van der Waals surface area (Å²) < 4.78 is 143. The second kappa shape index (κ2) is 51.4. The second-order valence-electron chi connectivity index (χ2n) is 30.7. The summed E-state index contributed by atoms with van der Waals surface area (Å²) in [6.07, 6.45) is 2.73. The topological polar surface area (TPSA) is 388 Å². The van der Waals surface area contributed by atoms with Crippen LogP contribution >= 0.6 is 0 Å². The number of halogens is 8. The molecule has 0 saturated carbocycles. The van der Waals surface area contributed by atoms with Gasteiger partial charge in [0.05, 0.1) is 77.4 Å². The third kappa shape index (κ3) is 26.1. The number of nitrogens with zero attached hydrogens (tertiary/aromatic N) is 7. The summed E-state index contributed by atoms with van der Waals surface area (Å²) in [7, 11) is 8.88. The zero-order valence-electron chi connectivity index (χ0n) is 77.1. The molecule has 135 heavy (non-hydrogen) atoms. The molecule has 7 N–H and O–H groups in total. The Labute approximate surface area is 790 Å². The van der Waals surface area contributed by atoms with E-state index in [1.165, 1.54) is 60.5 Å². The fourth-order valence-corrected chi connectivity index (χ4v) is 16.3. The number of imide groups is 2. The smallest absolute Gasteiger partial charge is 0.418 e. The van der Waals surface area contributed by atoms with Crippen LogP contribution in [0, 0.1) is 54.0 Å². The molecule has 0 aliphatic carbocycles. The van der Waals surface area contributed by atoms with E-state index in [4.69, 9.17) is 34.2 Å². The van der Waals surface area contributed by atoms with Gasteiger partial charge in [-0.1, -0.05) is 113 Å². The number of allylic oxidation sites excluding steroid dienone is 4. The Hall–Kier alpha value is -13.0. The van der Waals surface area contributed by atoms with E-state index in [0.29, 0.717) is 84.1 Å². The van der Waals surface area contributed by atoms with Gasteiger partial charge in [0.2, 0.25) is 0 Å². The van der Waals surface area contributed by atoms with Crippen LogP contribution in [-0.4, -0.2) is 209 Å². The standard InChI is InChI=1S/C31H36F2N4O6.C17H18F2N2O4.C16H24N2O2.C15H14F2N2O5.C15H16F2N2O2.CH3.Pd/c1-4-24-25(26(20-11-12-22(32)23(33)19-20)37(29(40)35-24)30(41)43-3)27(38)34-15-8-16-36-17-13-31(14-18-36,28(39)42-2)21-9-6-5-7-10-21;1-5-13-14(9(2)22)15(10-6-7-11(18)12(19)8-10)21(17(23)25-4)16(20-13)24-3;1-20-15(19)16(14-6-3-2-4-7-14)8-12-18(13-9-16)11-5-10-17;1-3-10-11(13(20)21)12(7-4-5-8(16)9(17)6-7)19(14(22)18-10)15(23)24-2;1-4-12-13(8(2)20)14(19-15(18-12)21-3)9-5-6-10(16)11(17)7-9;;/h5-7,9-12,19,26H,4,8,13-18H2,1-3H3,(H,34,38)(H,35,40);6-8,15H,5H2,1-4H3;2-4,6-7H,5,8-13,17H2,1H3;4-6,12H,3H2,1-2H3,(H,18,22)(H,20,21);5-7,14H,4H2,1-3H3,(H,18,19);1H3;/q;;;;;-1;. The first kappa shape index (κ1) is 111. The number of likely N-dealkylation sites (tertiary alicyclic amines) is 2. The molecule has 732 valence electrons. The number of aliphatic imine (C=N–C) groups is 2. The fourth-order valence-electron chi connectivity index (χ4n) is 16.3. The average Bonchev–Trinajstić information content (AvgIpc) is 0.755. The number of amidine groups is 2. The van der Waals surface area contributed by atoms with Crippen molar-refractivity contribution < 1.29 is 147 Å². The monoisotopic (exact) mass is 1980 g/mol. The van der Waals surface area contributed by atoms with Crippen LogP contribution in [0.1, 0.15) is 163 Å². The number of methoxy groups -OCH3 is 7. The maximum absolute atomic E-state index is 14.2. The summed E-state index contributed by atoms with van der Waals surface area (Å²) in [6.45, 7) is 15.6. The molecule has 4 unspecified atom stereocenters. The van der Waals surface area contributed by atoms with Crippen molar-refractivity contribution in [2.75, 3.05) is 102 Å². The van der Waals surface area contributed by atoms with E-state index in [0.717, 1.165) is 137 Å². The number of carbonyl (C=O) groups excluding carboxylic acids is 10. The maximum atomic E-state index is 14.2. The summed E-state index contributed by atoms with van der Waals surface area (Å²) >= 11 is 0. The van der Waals surface area contributed by atoms with Gasteiger partial charge in [-0.2, -0.15) is 0 Å². The zero-order valence-corrected chi connectivity index (χ0v) is 78.6. The van der Waals surface area contributed by atoms with Crippen molar-refractivity contribution in [1.82, 2.24) is 45.8 Å². The van der Waals surface area contributed by atoms with Gasteiger partial charge in [0.25, 0.3) is 11.9 Å². The first-order valence-electron chi connectivity index (χ1n) is 42.5. The van der Waals surface area contributed by atoms with Gasteiger partial charge in [-0.25, -0.2) is 88.6 Å². The SMILES string of the molecule is CCC1=C(C(=O)NCCCN2CCC(C(=O)OC)(c3ccccc3)CC2)C(c2ccc(F)c(F)c2)N(C(=O)OC)C(=O)N1.CCC1=C(C(=O)O)C(c2ccc(F)c(F)c2)N(C(=O)OC)C(=O)N1.CCC1=C(C(C)=O)C(c2ccc(F)c(F)c2)N(C(=O)OC)C(OC)=N1.CCC1=C(C(C)=O)C(c2ccc(F)c(F)c2)N=C(OC)N1.COC(=O)C1(c2ccccc2)CCN(CCCN)CC1.[CH3-].[Pd]. The van der Waals surface area contributed by atoms with E-state index in [2.05, 4.69) is 45.8 Å². The number of carboxylic acid groups (broad SMARTS) is 1. The van der Waals surface area contributed by atoms with E-state index >= 15 is 0 Å². The van der Waals surface area contributed by atoms with Gasteiger partial charge in [0, 0.05) is 55.2 Å². The van der Waals surface area contributed by atoms with Gasteiger partial charge in [-0.3, -0.25) is 24.0 Å². The molecular formula is C95H111F8N12O19Pd-. The molecule has 0 radical (unpaired) electrons. The number of hydrogen-bond acceptors (Lipinski definition) is 24. The van der Waals surface area contributed by atoms with Crippen molar-refractivity contribution >= 4 is 77.8 Å². The van der Waals surface area contributed by atoms with Crippen LogP contribution in [0.2, 0.25) is 0 Å². The van der Waals surface area contributed by atoms with Gasteiger partial charge in [0.15, 0.2) is 58.1 Å². The summed E-state index contributed by atoms with van der Waals surface area (Å²) in [5, 5.41) is 20.1. The quantitative estimate of drug-likeness (QED) is 0.00866. The predicted molar refractivity (Wildman–Crippen MR) is 476 cm³/mol. The van der Waals surface area contributed by atoms with Crippen molar-refractivity contribution in [3.8, 4) is 0 Å². The predicted octanol–water partition coefficient (Wildman–Crippen LogP) is 14.9. The molecule has 2 saturated heterocycles. The summed E-state index contributed by atoms with van der Waals surface area (Å²) in [5.41, 5.74) is 8.70. The minimum Gasteiger partial charge on any atom is -0.478 e. The molecule has 6 aliphatic heterocycles. The van der Waals surface area contributed by atoms with Gasteiger partial charge < -0.3 is 82.5 Å². The summed E-state index contributed by atoms with van der Waals surface area (Å²) in [4.78, 5) is 152. The van der Waals surface area contributed by atoms with Crippen molar-refractivity contribution in [3.63, 3.8) is 0 Å². The van der Waals surface area contributed by atoms with Crippen LogP contribution < -0.4 is 27.0 Å². The molecule has 12 rings (SSSR count). The Morgan fingerprint density at radius 1 is 0.459 bits per heavy atom. The molecular weight excluding hydrogens is 1870 g/mol. The van der Waals surface area contributed by atoms with E-state index in [9.17, 15) is 93.0 Å². The molecule has 2 fully saturated rings. The normalized spacial score (nSPS) is 17.8. The molecule has 0 aromatic heterocycles. The number of benzene rings is 6. The number of Topliss-reactive ketones (excluding diaryl/α,β-unsaturated/α-hetero) is 2. The van der Waals surface area contributed by atoms with Crippen molar-refractivity contribution in [2.45, 2.75) is 141 Å². The minimum absolute atomic E-state index is 0. The first-order valence-corrected chi connectivity index (χ1v) is 42.5. The molecule has 31 nitrogen and oxygen atoms in total. The number of ether oxygens (including phenoxy) is 7. The summed E-state index contributed by atoms with van der Waals surface area (Å²) in [5.74, 6) is -11.5. The third-order valence-corrected chi connectivity index (χ3v) is 23.0. The number of aliphatic carboxylic acids is 1. The Morgan fingerprint density at radius 2 is 0.822 bits per heavy atom. The van der Waals surface area contributed by atoms with E-state index in [1.807, 2.05) is 67.6 Å². The Morgan fingerprint density at radius 3 is 1.17 bits per heavy atom. The first-order chi connectivity index (χ1) is 63.5. The molecule has 6 aliphatic rings. The van der Waals surface area contributed by atoms with Gasteiger partial charge in [0.1, 0.15) is 24.2 Å². The largest absolute Gasteiger partial charge is 0.478 e. The molecule has 8 amide bonds. The molecule has 0 bridgehead atoms. The molecule has 6 aromatic carbocycles. The number of hydrogen-bond donors (Lipinski definition) is 6. The number of nitrogens with one attached hydrogen (secondary N) is 4. The van der Waals surface area contributed by atoms with E-state index < -0.39 is 124 Å². The number of carbonyl (C=O) groups is 11. The van der Waals surface area contributed by atoms with Crippen LogP contribution in [0.25, 0.3) is 0 Å². The molecule has 6 aromatic rings. The third-order valence-electron chi connectivity index (χ3n) is 23.0. The van der Waals surface area contributed by atoms with Crippen molar-refractivity contribution in [3.05, 3.63) is 266 Å². The molecule has 40 heteroatoms. The van der Waals surface area contributed by atoms with Crippen molar-refractivity contribution in [2.24, 2.45) is 15.7 Å². The summed E-state index contributed by atoms with van der Waals surface area (Å²) in [6, 6.07) is 25.7. The number of piperidine rings is 2. The number of esters is 2. The number of rotatable bonds is 23. The van der Waals surface area contributed by atoms with Crippen LogP contribution in [0.3, 0.4) is 0 Å². The number of nitrogens with two attached hydrogens (primary N) is 1. The molecule has 6 heterocycles. The Bertz CT molecular complexity index is 5480. The van der Waals surface area contributed by atoms with Crippen molar-refractivity contribution in [1.29, 1.82) is 0 Å². The Balaban J connectivity index is 0.000000267. The van der Waals surface area contributed by atoms with Crippen LogP contribution in [0.4, 0.5) is 59.1 Å². The number of carboxylic acids is 1. The fraction of sp³-hybridized carbons (Fsp3) is 0.389. The van der Waals surface area contributed by atoms with Crippen LogP contribution in [0.15, 0.2) is 189 Å². The Kier molecular flexibility index (Phi) is 42.2. The van der Waals surface area contributed by atoms with Gasteiger partial charge >= 0.3 is 54.3 Å². The average molecular weight is 1980 g/mol. The molecule has 0 spiro atoms. The number of amides is 8. The van der Waals surface area contributed by atoms with E-state index in [-0.39, 0.29) is 128 Å². The number of urea groups is 2. The maximum Gasteiger partial charge on any atom is 0.418 e. The zero-order chi connectivity index (χ0) is 97.9. The van der Waals surface area contributed by atoms with Gasteiger partial charge in [-0.05, 0) is 206 Å². The second-order valence-corrected chi connectivity index (χ2v) is 30.7.